The first kappa shape index (κ1) is 17.5. The summed E-state index contributed by atoms with van der Waals surface area (Å²) < 4.78 is 0. The maximum absolute atomic E-state index is 6.26. The van der Waals surface area contributed by atoms with Crippen molar-refractivity contribution in [2.24, 2.45) is 4.99 Å². The summed E-state index contributed by atoms with van der Waals surface area (Å²) in [6.45, 7) is 5.21. The van der Waals surface area contributed by atoms with Crippen LogP contribution in [0.15, 0.2) is 47.7 Å². The zero-order valence-electron chi connectivity index (χ0n) is 14.3. The number of anilines is 1. The molecule has 0 aromatic carbocycles. The van der Waals surface area contributed by atoms with Gasteiger partial charge in [-0.15, -0.1) is 0 Å². The molecule has 2 N–H and O–H groups in total. The summed E-state index contributed by atoms with van der Waals surface area (Å²) in [4.78, 5) is 15.6. The highest BCUT2D eigenvalue weighted by atomic mass is 35.5. The first-order chi connectivity index (χ1) is 12.3. The van der Waals surface area contributed by atoms with E-state index in [1.165, 1.54) is 0 Å². The van der Waals surface area contributed by atoms with Gasteiger partial charge in [0.1, 0.15) is 5.82 Å². The Morgan fingerprint density at radius 1 is 1.28 bits per heavy atom. The molecule has 25 heavy (non-hydrogen) atoms. The van der Waals surface area contributed by atoms with Crippen molar-refractivity contribution < 1.29 is 0 Å². The Morgan fingerprint density at radius 3 is 2.92 bits per heavy atom. The fourth-order valence-corrected chi connectivity index (χ4v) is 3.09. The lowest BCUT2D eigenvalue weighted by Crippen LogP contribution is -2.44. The van der Waals surface area contributed by atoms with Crippen molar-refractivity contribution in [3.05, 3.63) is 53.4 Å². The van der Waals surface area contributed by atoms with Crippen LogP contribution in [0.1, 0.15) is 19.0 Å². The lowest BCUT2D eigenvalue weighted by atomic mass is 10.3. The topological polar surface area (TPSA) is 65.4 Å². The molecular weight excluding hydrogens is 336 g/mol. The number of rotatable bonds is 5. The second kappa shape index (κ2) is 8.67. The van der Waals surface area contributed by atoms with E-state index in [2.05, 4.69) is 37.4 Å². The first-order valence-corrected chi connectivity index (χ1v) is 8.94. The van der Waals surface area contributed by atoms with Crippen molar-refractivity contribution in [2.75, 3.05) is 24.5 Å². The molecule has 1 unspecified atom stereocenters. The number of hydrogen-bond donors (Lipinski definition) is 2. The zero-order valence-corrected chi connectivity index (χ0v) is 15.1. The van der Waals surface area contributed by atoms with Crippen LogP contribution in [0.3, 0.4) is 0 Å². The Labute approximate surface area is 153 Å². The summed E-state index contributed by atoms with van der Waals surface area (Å²) in [6, 6.07) is 9.90. The molecule has 0 saturated carbocycles. The predicted octanol–water partition coefficient (Wildman–Crippen LogP) is 2.46. The van der Waals surface area contributed by atoms with Gasteiger partial charge in [-0.1, -0.05) is 17.7 Å². The average molecular weight is 359 g/mol. The smallest absolute Gasteiger partial charge is 0.191 e. The van der Waals surface area contributed by atoms with Crippen LogP contribution in [-0.4, -0.2) is 41.6 Å². The molecular formula is C18H23ClN6. The van der Waals surface area contributed by atoms with E-state index >= 15 is 0 Å². The second-order valence-electron chi connectivity index (χ2n) is 5.90. The number of pyridine rings is 2. The summed E-state index contributed by atoms with van der Waals surface area (Å²) in [7, 11) is 0. The van der Waals surface area contributed by atoms with Gasteiger partial charge >= 0.3 is 0 Å². The highest BCUT2D eigenvalue weighted by molar-refractivity contribution is 6.32. The third-order valence-electron chi connectivity index (χ3n) is 4.04. The van der Waals surface area contributed by atoms with E-state index in [0.29, 0.717) is 17.6 Å². The maximum Gasteiger partial charge on any atom is 0.191 e. The van der Waals surface area contributed by atoms with Gasteiger partial charge in [0.15, 0.2) is 5.96 Å². The Kier molecular flexibility index (Phi) is 6.06. The van der Waals surface area contributed by atoms with Crippen molar-refractivity contribution in [3.8, 4) is 0 Å². The molecule has 2 aromatic heterocycles. The number of nitrogens with one attached hydrogen (secondary N) is 2. The average Bonchev–Trinajstić information content (AvgIpc) is 3.09. The molecule has 1 fully saturated rings. The number of halogens is 1. The fourth-order valence-electron chi connectivity index (χ4n) is 2.85. The minimum Gasteiger partial charge on any atom is -0.357 e. The van der Waals surface area contributed by atoms with Gasteiger partial charge in [-0.25, -0.2) is 9.98 Å². The van der Waals surface area contributed by atoms with Crippen LogP contribution in [0.2, 0.25) is 5.02 Å². The van der Waals surface area contributed by atoms with E-state index in [1.54, 1.807) is 12.4 Å². The third-order valence-corrected chi connectivity index (χ3v) is 4.33. The number of aromatic nitrogens is 2. The molecule has 0 radical (unpaired) electrons. The molecule has 0 aliphatic carbocycles. The number of aliphatic imine (C=N–C) groups is 1. The van der Waals surface area contributed by atoms with Gasteiger partial charge in [0.2, 0.25) is 0 Å². The predicted molar refractivity (Wildman–Crippen MR) is 102 cm³/mol. The van der Waals surface area contributed by atoms with Crippen LogP contribution in [0.25, 0.3) is 0 Å². The maximum atomic E-state index is 6.26. The van der Waals surface area contributed by atoms with E-state index in [9.17, 15) is 0 Å². The van der Waals surface area contributed by atoms with Crippen molar-refractivity contribution >= 4 is 23.4 Å². The molecule has 132 valence electrons. The Hall–Kier alpha value is -2.34. The third kappa shape index (κ3) is 4.82. The molecule has 6 nitrogen and oxygen atoms in total. The van der Waals surface area contributed by atoms with Crippen LogP contribution in [0.5, 0.6) is 0 Å². The lowest BCUT2D eigenvalue weighted by molar-refractivity contribution is 0.648. The monoisotopic (exact) mass is 358 g/mol. The molecule has 0 spiro atoms. The number of guanidine groups is 1. The highest BCUT2D eigenvalue weighted by Crippen LogP contribution is 2.25. The summed E-state index contributed by atoms with van der Waals surface area (Å²) in [5, 5.41) is 7.49. The van der Waals surface area contributed by atoms with Crippen LogP contribution < -0.4 is 15.5 Å². The molecule has 1 atom stereocenters. The van der Waals surface area contributed by atoms with E-state index < -0.39 is 0 Å². The Bertz CT molecular complexity index is 706. The summed E-state index contributed by atoms with van der Waals surface area (Å²) in [5.41, 5.74) is 0.952. The fraction of sp³-hybridized carbons (Fsp3) is 0.389. The molecule has 3 rings (SSSR count). The minimum atomic E-state index is 0.305. The van der Waals surface area contributed by atoms with Crippen LogP contribution in [-0.2, 0) is 6.54 Å². The minimum absolute atomic E-state index is 0.305. The Morgan fingerprint density at radius 2 is 2.16 bits per heavy atom. The standard InChI is InChI=1S/C18H23ClN6/c1-2-20-18(23-12-14-6-3-4-9-21-14)24-15-8-11-25(13-15)17-16(19)7-5-10-22-17/h3-7,9-10,15H,2,8,11-13H2,1H3,(H2,20,23,24). The number of hydrogen-bond acceptors (Lipinski definition) is 4. The van der Waals surface area contributed by atoms with Crippen molar-refractivity contribution in [3.63, 3.8) is 0 Å². The van der Waals surface area contributed by atoms with Gasteiger partial charge in [-0.05, 0) is 37.6 Å². The van der Waals surface area contributed by atoms with E-state index in [0.717, 1.165) is 43.5 Å². The van der Waals surface area contributed by atoms with Gasteiger partial charge in [0.25, 0.3) is 0 Å². The molecule has 1 saturated heterocycles. The summed E-state index contributed by atoms with van der Waals surface area (Å²) >= 11 is 6.26. The van der Waals surface area contributed by atoms with Gasteiger partial charge in [-0.2, -0.15) is 0 Å². The van der Waals surface area contributed by atoms with Crippen LogP contribution >= 0.6 is 11.6 Å². The highest BCUT2D eigenvalue weighted by Gasteiger charge is 2.25. The van der Waals surface area contributed by atoms with Crippen molar-refractivity contribution in [1.82, 2.24) is 20.6 Å². The van der Waals surface area contributed by atoms with Gasteiger partial charge in [0.05, 0.1) is 17.3 Å². The van der Waals surface area contributed by atoms with Gasteiger partial charge in [-0.3, -0.25) is 4.98 Å². The Balaban J connectivity index is 1.60. The lowest BCUT2D eigenvalue weighted by Gasteiger charge is -2.20. The summed E-state index contributed by atoms with van der Waals surface area (Å²) in [5.74, 6) is 1.66. The molecule has 1 aliphatic rings. The zero-order chi connectivity index (χ0) is 17.5. The normalized spacial score (nSPS) is 17.6. The number of nitrogens with zero attached hydrogens (tertiary/aromatic N) is 4. The molecule has 1 aliphatic heterocycles. The molecule has 0 amide bonds. The first-order valence-electron chi connectivity index (χ1n) is 8.56. The molecule has 3 heterocycles. The SMILES string of the molecule is CCNC(=NCc1ccccn1)NC1CCN(c2ncccc2Cl)C1. The molecule has 7 heteroatoms. The van der Waals surface area contributed by atoms with Gasteiger partial charge < -0.3 is 15.5 Å². The molecule has 0 bridgehead atoms. The van der Waals surface area contributed by atoms with Gasteiger partial charge in [0, 0.05) is 38.1 Å². The van der Waals surface area contributed by atoms with E-state index in [1.807, 2.05) is 30.3 Å². The second-order valence-corrected chi connectivity index (χ2v) is 6.31. The van der Waals surface area contributed by atoms with E-state index in [-0.39, 0.29) is 0 Å². The molecule has 2 aromatic rings. The van der Waals surface area contributed by atoms with Crippen molar-refractivity contribution in [2.45, 2.75) is 25.9 Å². The quantitative estimate of drug-likeness (QED) is 0.635. The van der Waals surface area contributed by atoms with E-state index in [4.69, 9.17) is 11.6 Å². The van der Waals surface area contributed by atoms with Crippen molar-refractivity contribution in [1.29, 1.82) is 0 Å². The van der Waals surface area contributed by atoms with Crippen LogP contribution in [0.4, 0.5) is 5.82 Å². The largest absolute Gasteiger partial charge is 0.357 e. The summed E-state index contributed by atoms with van der Waals surface area (Å²) in [6.07, 6.45) is 4.58. The van der Waals surface area contributed by atoms with Crippen LogP contribution in [0, 0.1) is 0 Å².